The molecule has 0 nitrogen and oxygen atoms in total. The maximum atomic E-state index is 13.4. The van der Waals surface area contributed by atoms with E-state index in [1.165, 1.54) is 24.3 Å². The van der Waals surface area contributed by atoms with Crippen molar-refractivity contribution in [1.29, 1.82) is 0 Å². The van der Waals surface area contributed by atoms with Gasteiger partial charge in [-0.2, -0.15) is 0 Å². The predicted octanol–water partition coefficient (Wildman–Crippen LogP) is 5.94. The Morgan fingerprint density at radius 1 is 0.500 bits per heavy atom. The molecule has 0 heterocycles. The second-order valence-corrected chi connectivity index (χ2v) is 5.34. The number of fused-ring (bicyclic) bond motifs is 2. The van der Waals surface area contributed by atoms with Crippen LogP contribution in [0.3, 0.4) is 0 Å². The molecule has 0 spiro atoms. The van der Waals surface area contributed by atoms with Crippen LogP contribution in [0.4, 0.5) is 8.78 Å². The second kappa shape index (κ2) is 4.92. The van der Waals surface area contributed by atoms with Gasteiger partial charge in [-0.25, -0.2) is 8.78 Å². The van der Waals surface area contributed by atoms with Crippen LogP contribution in [0, 0.1) is 11.6 Å². The molecule has 22 heavy (non-hydrogen) atoms. The van der Waals surface area contributed by atoms with Crippen molar-refractivity contribution in [3.63, 3.8) is 0 Å². The lowest BCUT2D eigenvalue weighted by Crippen LogP contribution is -1.85. The average molecular weight is 290 g/mol. The molecular formula is C20H12F2. The summed E-state index contributed by atoms with van der Waals surface area (Å²) in [5.74, 6) is -0.491. The molecule has 4 aromatic rings. The van der Waals surface area contributed by atoms with Gasteiger partial charge in [-0.05, 0) is 56.9 Å². The second-order valence-electron chi connectivity index (χ2n) is 5.34. The summed E-state index contributed by atoms with van der Waals surface area (Å²) in [6.07, 6.45) is 0. The molecule has 0 saturated carbocycles. The summed E-state index contributed by atoms with van der Waals surface area (Å²) in [4.78, 5) is 0. The van der Waals surface area contributed by atoms with E-state index < -0.39 is 0 Å². The lowest BCUT2D eigenvalue weighted by Gasteiger charge is -2.10. The smallest absolute Gasteiger partial charge is 0.123 e. The first kappa shape index (κ1) is 13.0. The predicted molar refractivity (Wildman–Crippen MR) is 86.8 cm³/mol. The van der Waals surface area contributed by atoms with Crippen LogP contribution in [0.2, 0.25) is 0 Å². The Labute approximate surface area is 126 Å². The van der Waals surface area contributed by atoms with E-state index in [-0.39, 0.29) is 11.6 Å². The standard InChI is InChI=1S/C20H12F2/c21-15-7-9-17-13(11-15)3-1-5-19(17)20-6-2-4-14-12-16(22)8-10-18(14)20/h1-12H. The minimum absolute atomic E-state index is 0.246. The van der Waals surface area contributed by atoms with Gasteiger partial charge in [0.2, 0.25) is 0 Å². The van der Waals surface area contributed by atoms with Crippen LogP contribution in [0.1, 0.15) is 0 Å². The zero-order chi connectivity index (χ0) is 15.1. The van der Waals surface area contributed by atoms with Crippen LogP contribution < -0.4 is 0 Å². The molecule has 0 radical (unpaired) electrons. The maximum Gasteiger partial charge on any atom is 0.123 e. The fourth-order valence-corrected chi connectivity index (χ4v) is 2.98. The van der Waals surface area contributed by atoms with Crippen molar-refractivity contribution >= 4 is 21.5 Å². The molecule has 0 fully saturated rings. The van der Waals surface area contributed by atoms with Crippen LogP contribution in [-0.4, -0.2) is 0 Å². The van der Waals surface area contributed by atoms with E-state index in [4.69, 9.17) is 0 Å². The molecule has 0 amide bonds. The van der Waals surface area contributed by atoms with E-state index in [1.54, 1.807) is 12.1 Å². The van der Waals surface area contributed by atoms with Gasteiger partial charge in [0.05, 0.1) is 0 Å². The van der Waals surface area contributed by atoms with Crippen molar-refractivity contribution < 1.29 is 8.78 Å². The van der Waals surface area contributed by atoms with Crippen molar-refractivity contribution in [3.05, 3.63) is 84.4 Å². The van der Waals surface area contributed by atoms with Crippen LogP contribution in [0.15, 0.2) is 72.8 Å². The van der Waals surface area contributed by atoms with Gasteiger partial charge >= 0.3 is 0 Å². The Morgan fingerprint density at radius 3 is 1.41 bits per heavy atom. The van der Waals surface area contributed by atoms with Gasteiger partial charge in [0.1, 0.15) is 11.6 Å². The molecule has 106 valence electrons. The van der Waals surface area contributed by atoms with Crippen molar-refractivity contribution in [3.8, 4) is 11.1 Å². The third kappa shape index (κ3) is 2.04. The third-order valence-corrected chi connectivity index (χ3v) is 3.98. The fraction of sp³-hybridized carbons (Fsp3) is 0. The highest BCUT2D eigenvalue weighted by molar-refractivity contribution is 6.05. The lowest BCUT2D eigenvalue weighted by atomic mass is 9.94. The summed E-state index contributed by atoms with van der Waals surface area (Å²) in [5.41, 5.74) is 2.05. The highest BCUT2D eigenvalue weighted by Crippen LogP contribution is 2.34. The Bertz CT molecular complexity index is 920. The van der Waals surface area contributed by atoms with Gasteiger partial charge in [-0.15, -0.1) is 0 Å². The Balaban J connectivity index is 2.07. The first-order valence-corrected chi connectivity index (χ1v) is 7.09. The van der Waals surface area contributed by atoms with Crippen LogP contribution in [-0.2, 0) is 0 Å². The number of halogens is 2. The number of hydrogen-bond acceptors (Lipinski definition) is 0. The highest BCUT2D eigenvalue weighted by atomic mass is 19.1. The minimum atomic E-state index is -0.246. The van der Waals surface area contributed by atoms with Crippen LogP contribution in [0.25, 0.3) is 32.7 Å². The summed E-state index contributed by atoms with van der Waals surface area (Å²) in [6, 6.07) is 21.2. The molecule has 4 rings (SSSR count). The molecule has 0 N–H and O–H groups in total. The quantitative estimate of drug-likeness (QED) is 0.407. The highest BCUT2D eigenvalue weighted by Gasteiger charge is 2.08. The molecule has 0 saturated heterocycles. The normalized spacial score (nSPS) is 11.2. The Kier molecular flexibility index (Phi) is 2.90. The fourth-order valence-electron chi connectivity index (χ4n) is 2.98. The molecule has 4 aromatic carbocycles. The molecular weight excluding hydrogens is 278 g/mol. The van der Waals surface area contributed by atoms with Crippen LogP contribution >= 0.6 is 0 Å². The molecule has 0 aliphatic rings. The van der Waals surface area contributed by atoms with Gasteiger partial charge in [-0.3, -0.25) is 0 Å². The van der Waals surface area contributed by atoms with Gasteiger partial charge in [0.25, 0.3) is 0 Å². The molecule has 0 aliphatic carbocycles. The van der Waals surface area contributed by atoms with Gasteiger partial charge < -0.3 is 0 Å². The van der Waals surface area contributed by atoms with E-state index in [0.29, 0.717) is 0 Å². The summed E-state index contributed by atoms with van der Waals surface area (Å²) >= 11 is 0. The van der Waals surface area contributed by atoms with E-state index in [0.717, 1.165) is 32.7 Å². The molecule has 0 unspecified atom stereocenters. The van der Waals surface area contributed by atoms with Crippen molar-refractivity contribution in [2.45, 2.75) is 0 Å². The van der Waals surface area contributed by atoms with E-state index in [1.807, 2.05) is 36.4 Å². The summed E-state index contributed by atoms with van der Waals surface area (Å²) in [5, 5.41) is 3.69. The summed E-state index contributed by atoms with van der Waals surface area (Å²) < 4.78 is 26.9. The first-order chi connectivity index (χ1) is 10.7. The number of rotatable bonds is 1. The van der Waals surface area contributed by atoms with Crippen molar-refractivity contribution in [2.75, 3.05) is 0 Å². The molecule has 0 bridgehead atoms. The molecule has 0 atom stereocenters. The molecule has 2 heteroatoms. The van der Waals surface area contributed by atoms with Gasteiger partial charge in [0.15, 0.2) is 0 Å². The van der Waals surface area contributed by atoms with E-state index in [9.17, 15) is 8.78 Å². The minimum Gasteiger partial charge on any atom is -0.207 e. The monoisotopic (exact) mass is 290 g/mol. The number of benzene rings is 4. The first-order valence-electron chi connectivity index (χ1n) is 7.09. The zero-order valence-electron chi connectivity index (χ0n) is 11.7. The van der Waals surface area contributed by atoms with Crippen LogP contribution in [0.5, 0.6) is 0 Å². The summed E-state index contributed by atoms with van der Waals surface area (Å²) in [7, 11) is 0. The Hall–Kier alpha value is -2.74. The number of hydrogen-bond donors (Lipinski definition) is 0. The zero-order valence-corrected chi connectivity index (χ0v) is 11.7. The topological polar surface area (TPSA) is 0 Å². The average Bonchev–Trinajstić information content (AvgIpc) is 2.53. The largest absolute Gasteiger partial charge is 0.207 e. The maximum absolute atomic E-state index is 13.4. The van der Waals surface area contributed by atoms with Gasteiger partial charge in [0, 0.05) is 0 Å². The van der Waals surface area contributed by atoms with Crippen molar-refractivity contribution in [2.24, 2.45) is 0 Å². The summed E-state index contributed by atoms with van der Waals surface area (Å²) in [6.45, 7) is 0. The SMILES string of the molecule is Fc1ccc2c(-c3cccc4cc(F)ccc34)cccc2c1. The van der Waals surface area contributed by atoms with E-state index in [2.05, 4.69) is 0 Å². The van der Waals surface area contributed by atoms with E-state index >= 15 is 0 Å². The lowest BCUT2D eigenvalue weighted by molar-refractivity contribution is 0.629. The van der Waals surface area contributed by atoms with Gasteiger partial charge in [-0.1, -0.05) is 48.5 Å². The van der Waals surface area contributed by atoms with Crippen molar-refractivity contribution in [1.82, 2.24) is 0 Å². The molecule has 0 aromatic heterocycles. The Morgan fingerprint density at radius 2 is 0.955 bits per heavy atom. The molecule has 0 aliphatic heterocycles. The third-order valence-electron chi connectivity index (χ3n) is 3.98.